The van der Waals surface area contributed by atoms with Crippen molar-refractivity contribution in [3.8, 4) is 0 Å². The molecule has 1 aromatic heterocycles. The predicted molar refractivity (Wildman–Crippen MR) is 87.6 cm³/mol. The van der Waals surface area contributed by atoms with Crippen LogP contribution in [0.2, 0.25) is 0 Å². The number of nitrogens with zero attached hydrogens (tertiary/aromatic N) is 1. The third-order valence-corrected chi connectivity index (χ3v) is 3.97. The molecule has 0 atom stereocenters. The summed E-state index contributed by atoms with van der Waals surface area (Å²) in [4.78, 5) is 14.9. The van der Waals surface area contributed by atoms with E-state index in [9.17, 15) is 9.18 Å². The number of nitrogens with one attached hydrogen (secondary N) is 2. The highest BCUT2D eigenvalue weighted by molar-refractivity contribution is 14.1. The molecule has 2 aromatic rings. The lowest BCUT2D eigenvalue weighted by Gasteiger charge is -2.09. The van der Waals surface area contributed by atoms with Crippen LogP contribution in [-0.4, -0.2) is 22.0 Å². The summed E-state index contributed by atoms with van der Waals surface area (Å²) in [5.74, 6) is -0.0630. The van der Waals surface area contributed by atoms with Gasteiger partial charge in [0.1, 0.15) is 12.4 Å². The second kappa shape index (κ2) is 6.21. The number of aromatic nitrogens is 2. The van der Waals surface area contributed by atoms with E-state index in [4.69, 9.17) is 12.2 Å². The average molecular weight is 407 g/mol. The van der Waals surface area contributed by atoms with E-state index in [-0.39, 0.29) is 18.3 Å². The van der Waals surface area contributed by atoms with Crippen molar-refractivity contribution in [1.29, 1.82) is 0 Å². The Kier molecular flexibility index (Phi) is 4.79. The first-order valence-corrected chi connectivity index (χ1v) is 7.71. The Morgan fingerprint density at radius 3 is 2.90 bits per heavy atom. The Labute approximate surface area is 134 Å². The molecule has 0 fully saturated rings. The largest absolute Gasteiger partial charge is 0.354 e. The van der Waals surface area contributed by atoms with Crippen LogP contribution < -0.4 is 5.32 Å². The van der Waals surface area contributed by atoms with Gasteiger partial charge in [-0.2, -0.15) is 0 Å². The summed E-state index contributed by atoms with van der Waals surface area (Å²) in [7, 11) is 0. The van der Waals surface area contributed by atoms with Crippen LogP contribution >= 0.6 is 34.8 Å². The Morgan fingerprint density at radius 2 is 2.25 bits per heavy atom. The van der Waals surface area contributed by atoms with Crippen LogP contribution in [0.4, 0.5) is 4.39 Å². The zero-order chi connectivity index (χ0) is 14.9. The molecule has 0 bridgehead atoms. The summed E-state index contributed by atoms with van der Waals surface area (Å²) < 4.78 is 16.2. The normalized spacial score (nSPS) is 11.2. The summed E-state index contributed by atoms with van der Waals surface area (Å²) >= 11 is 7.12. The molecule has 1 heterocycles. The van der Waals surface area contributed by atoms with Crippen molar-refractivity contribution < 1.29 is 9.18 Å². The highest BCUT2D eigenvalue weighted by atomic mass is 127. The first-order valence-electron chi connectivity index (χ1n) is 6.22. The molecule has 108 valence electrons. The SMILES string of the molecule is CC(C)CNC(=O)Cn1c(=S)[nH]c2cc(I)c(F)cc21. The Morgan fingerprint density at radius 1 is 1.55 bits per heavy atom. The number of imidazole rings is 1. The number of H-pyrrole nitrogens is 1. The molecular weight excluding hydrogens is 392 g/mol. The molecule has 0 aliphatic heterocycles. The van der Waals surface area contributed by atoms with Crippen LogP contribution in [0.3, 0.4) is 0 Å². The molecule has 0 aliphatic carbocycles. The predicted octanol–water partition coefficient (Wildman–Crippen LogP) is 3.21. The summed E-state index contributed by atoms with van der Waals surface area (Å²) in [5, 5.41) is 2.82. The maximum absolute atomic E-state index is 13.7. The quantitative estimate of drug-likeness (QED) is 0.604. The fraction of sp³-hybridized carbons (Fsp3) is 0.385. The Bertz CT molecular complexity index is 707. The summed E-state index contributed by atoms with van der Waals surface area (Å²) in [6.07, 6.45) is 0. The molecule has 0 unspecified atom stereocenters. The first-order chi connectivity index (χ1) is 9.38. The lowest BCUT2D eigenvalue weighted by atomic mass is 10.2. The van der Waals surface area contributed by atoms with E-state index in [2.05, 4.69) is 10.3 Å². The Hall–Kier alpha value is -0.960. The van der Waals surface area contributed by atoms with Crippen molar-refractivity contribution in [1.82, 2.24) is 14.9 Å². The number of benzene rings is 1. The molecule has 0 saturated heterocycles. The molecule has 1 aromatic carbocycles. The van der Waals surface area contributed by atoms with Gasteiger partial charge in [-0.05, 0) is 46.8 Å². The van der Waals surface area contributed by atoms with Crippen LogP contribution in [0, 0.1) is 20.1 Å². The topological polar surface area (TPSA) is 49.8 Å². The van der Waals surface area contributed by atoms with Crippen molar-refractivity contribution in [2.24, 2.45) is 5.92 Å². The standard InChI is InChI=1S/C13H15FIN3OS/c1-7(2)5-16-12(19)6-18-11-3-8(14)9(15)4-10(11)17-13(18)20/h3-4,7H,5-6H2,1-2H3,(H,16,19)(H,17,20). The maximum Gasteiger partial charge on any atom is 0.240 e. The number of hydrogen-bond donors (Lipinski definition) is 2. The van der Waals surface area contributed by atoms with Crippen molar-refractivity contribution >= 4 is 51.7 Å². The zero-order valence-electron chi connectivity index (χ0n) is 11.2. The molecule has 0 radical (unpaired) electrons. The fourth-order valence-corrected chi connectivity index (χ4v) is 2.57. The van der Waals surface area contributed by atoms with Crippen LogP contribution in [0.25, 0.3) is 11.0 Å². The minimum Gasteiger partial charge on any atom is -0.354 e. The molecule has 4 nitrogen and oxygen atoms in total. The highest BCUT2D eigenvalue weighted by Crippen LogP contribution is 2.20. The van der Waals surface area contributed by atoms with Gasteiger partial charge in [0, 0.05) is 12.6 Å². The van der Waals surface area contributed by atoms with Gasteiger partial charge in [-0.25, -0.2) is 4.39 Å². The van der Waals surface area contributed by atoms with E-state index in [1.54, 1.807) is 10.6 Å². The molecular formula is C13H15FIN3OS. The van der Waals surface area contributed by atoms with E-state index < -0.39 is 0 Å². The molecule has 2 rings (SSSR count). The number of aromatic amines is 1. The minimum absolute atomic E-state index is 0.0889. The lowest BCUT2D eigenvalue weighted by molar-refractivity contribution is -0.121. The maximum atomic E-state index is 13.7. The van der Waals surface area contributed by atoms with Gasteiger partial charge in [0.05, 0.1) is 14.6 Å². The molecule has 0 saturated carbocycles. The third-order valence-electron chi connectivity index (χ3n) is 2.83. The van der Waals surface area contributed by atoms with E-state index in [0.29, 0.717) is 26.3 Å². The van der Waals surface area contributed by atoms with Crippen LogP contribution in [0.5, 0.6) is 0 Å². The van der Waals surface area contributed by atoms with Gasteiger partial charge >= 0.3 is 0 Å². The Balaban J connectivity index is 2.30. The van der Waals surface area contributed by atoms with Gasteiger partial charge in [0.15, 0.2) is 4.77 Å². The second-order valence-electron chi connectivity index (χ2n) is 5.00. The lowest BCUT2D eigenvalue weighted by Crippen LogP contribution is -2.30. The van der Waals surface area contributed by atoms with E-state index in [1.807, 2.05) is 36.4 Å². The highest BCUT2D eigenvalue weighted by Gasteiger charge is 2.11. The van der Waals surface area contributed by atoms with Gasteiger partial charge in [0.25, 0.3) is 0 Å². The third kappa shape index (κ3) is 3.38. The number of carbonyl (C=O) groups is 1. The molecule has 7 heteroatoms. The van der Waals surface area contributed by atoms with Gasteiger partial charge < -0.3 is 14.9 Å². The summed E-state index contributed by atoms with van der Waals surface area (Å²) in [6.45, 7) is 4.75. The summed E-state index contributed by atoms with van der Waals surface area (Å²) in [6, 6.07) is 3.09. The zero-order valence-corrected chi connectivity index (χ0v) is 14.1. The first kappa shape index (κ1) is 15.4. The molecule has 0 aliphatic rings. The van der Waals surface area contributed by atoms with Crippen LogP contribution in [-0.2, 0) is 11.3 Å². The molecule has 0 spiro atoms. The van der Waals surface area contributed by atoms with Crippen molar-refractivity contribution in [2.45, 2.75) is 20.4 Å². The smallest absolute Gasteiger partial charge is 0.240 e. The number of rotatable bonds is 4. The van der Waals surface area contributed by atoms with Gasteiger partial charge in [-0.1, -0.05) is 13.8 Å². The van der Waals surface area contributed by atoms with E-state index >= 15 is 0 Å². The van der Waals surface area contributed by atoms with Gasteiger partial charge in [-0.15, -0.1) is 0 Å². The fourth-order valence-electron chi connectivity index (χ4n) is 1.83. The molecule has 2 N–H and O–H groups in total. The van der Waals surface area contributed by atoms with Crippen LogP contribution in [0.1, 0.15) is 13.8 Å². The second-order valence-corrected chi connectivity index (χ2v) is 6.55. The number of halogens is 2. The van der Waals surface area contributed by atoms with Gasteiger partial charge in [-0.3, -0.25) is 4.79 Å². The number of carbonyl (C=O) groups excluding carboxylic acids is 1. The van der Waals surface area contributed by atoms with E-state index in [1.165, 1.54) is 6.07 Å². The molecule has 20 heavy (non-hydrogen) atoms. The van der Waals surface area contributed by atoms with E-state index in [0.717, 1.165) is 5.52 Å². The minimum atomic E-state index is -0.316. The van der Waals surface area contributed by atoms with Crippen LogP contribution in [0.15, 0.2) is 12.1 Å². The number of fused-ring (bicyclic) bond motifs is 1. The summed E-state index contributed by atoms with van der Waals surface area (Å²) in [5.41, 5.74) is 1.34. The molecule has 1 amide bonds. The average Bonchev–Trinajstić information content (AvgIpc) is 2.64. The van der Waals surface area contributed by atoms with Crippen molar-refractivity contribution in [3.63, 3.8) is 0 Å². The van der Waals surface area contributed by atoms with Crippen molar-refractivity contribution in [3.05, 3.63) is 26.3 Å². The van der Waals surface area contributed by atoms with Gasteiger partial charge in [0.2, 0.25) is 5.91 Å². The number of amides is 1. The number of hydrogen-bond acceptors (Lipinski definition) is 2. The monoisotopic (exact) mass is 407 g/mol. The van der Waals surface area contributed by atoms with Crippen molar-refractivity contribution in [2.75, 3.05) is 6.54 Å².